The van der Waals surface area contributed by atoms with Crippen LogP contribution in [0.5, 0.6) is 5.75 Å². The van der Waals surface area contributed by atoms with E-state index in [-0.39, 0.29) is 5.75 Å². The monoisotopic (exact) mass is 373 g/mol. The number of likely N-dealkylation sites (tertiary alicyclic amines) is 1. The summed E-state index contributed by atoms with van der Waals surface area (Å²) in [7, 11) is 0. The van der Waals surface area contributed by atoms with E-state index in [4.69, 9.17) is 9.97 Å². The van der Waals surface area contributed by atoms with Crippen LogP contribution in [0.25, 0.3) is 22.3 Å². The van der Waals surface area contributed by atoms with Gasteiger partial charge in [0.25, 0.3) is 0 Å². The first kappa shape index (κ1) is 17.6. The van der Waals surface area contributed by atoms with Crippen molar-refractivity contribution in [2.75, 3.05) is 13.1 Å². The maximum Gasteiger partial charge on any atom is 0.160 e. The lowest BCUT2D eigenvalue weighted by atomic mass is 9.94. The van der Waals surface area contributed by atoms with E-state index in [0.717, 1.165) is 51.7 Å². The van der Waals surface area contributed by atoms with Gasteiger partial charge in [-0.2, -0.15) is 0 Å². The molecule has 0 spiro atoms. The summed E-state index contributed by atoms with van der Waals surface area (Å²) >= 11 is 0. The first-order valence-electron chi connectivity index (χ1n) is 10.4. The molecule has 2 aliphatic rings. The van der Waals surface area contributed by atoms with E-state index in [1.807, 2.05) is 19.9 Å². The number of aromatic nitrogens is 2. The predicted octanol–water partition coefficient (Wildman–Crippen LogP) is 4.96. The highest BCUT2D eigenvalue weighted by atomic mass is 16.3. The van der Waals surface area contributed by atoms with Crippen molar-refractivity contribution in [3.63, 3.8) is 0 Å². The molecular formula is C24H27N3O. The summed E-state index contributed by atoms with van der Waals surface area (Å²) in [5, 5.41) is 11.5. The Kier molecular flexibility index (Phi) is 4.31. The topological polar surface area (TPSA) is 49.2 Å². The minimum Gasteiger partial charge on any atom is -0.507 e. The van der Waals surface area contributed by atoms with Crippen LogP contribution in [0.4, 0.5) is 0 Å². The summed E-state index contributed by atoms with van der Waals surface area (Å²) in [5.74, 6) is 0.784. The molecule has 1 saturated heterocycles. The summed E-state index contributed by atoms with van der Waals surface area (Å²) in [4.78, 5) is 12.4. The van der Waals surface area contributed by atoms with Gasteiger partial charge in [0, 0.05) is 35.1 Å². The number of pyridine rings is 2. The van der Waals surface area contributed by atoms with Gasteiger partial charge < -0.3 is 5.11 Å². The molecule has 3 heterocycles. The zero-order chi connectivity index (χ0) is 19.3. The highest BCUT2D eigenvalue weighted by molar-refractivity contribution is 5.81. The third-order valence-corrected chi connectivity index (χ3v) is 6.22. The fourth-order valence-corrected chi connectivity index (χ4v) is 4.68. The third-order valence-electron chi connectivity index (χ3n) is 6.22. The van der Waals surface area contributed by atoms with Gasteiger partial charge in [-0.15, -0.1) is 0 Å². The molecule has 1 aromatic carbocycles. The van der Waals surface area contributed by atoms with Gasteiger partial charge in [0.15, 0.2) is 5.65 Å². The highest BCUT2D eigenvalue weighted by Crippen LogP contribution is 2.35. The van der Waals surface area contributed by atoms with Crippen LogP contribution in [-0.4, -0.2) is 39.1 Å². The number of phenols is 1. The number of aryl methyl sites for hydroxylation is 2. The molecule has 4 heteroatoms. The molecule has 1 unspecified atom stereocenters. The highest BCUT2D eigenvalue weighted by Gasteiger charge is 2.33. The van der Waals surface area contributed by atoms with Crippen molar-refractivity contribution >= 4 is 11.0 Å². The Balaban J connectivity index is 1.51. The van der Waals surface area contributed by atoms with Crippen LogP contribution < -0.4 is 0 Å². The van der Waals surface area contributed by atoms with E-state index in [2.05, 4.69) is 29.2 Å². The van der Waals surface area contributed by atoms with Gasteiger partial charge in [-0.1, -0.05) is 6.07 Å². The van der Waals surface area contributed by atoms with Gasteiger partial charge in [-0.3, -0.25) is 4.90 Å². The number of rotatable bonds is 3. The second-order valence-electron chi connectivity index (χ2n) is 8.52. The SMILES string of the molecule is Cc1cc(C)c(-c2ccc3ccc(C4CCCN(C5CC5)C4)nc3n2)c(O)c1. The van der Waals surface area contributed by atoms with Crippen LogP contribution in [-0.2, 0) is 0 Å². The Morgan fingerprint density at radius 3 is 2.61 bits per heavy atom. The van der Waals surface area contributed by atoms with E-state index >= 15 is 0 Å². The fourth-order valence-electron chi connectivity index (χ4n) is 4.68. The Labute approximate surface area is 166 Å². The normalized spacial score (nSPS) is 20.6. The van der Waals surface area contributed by atoms with E-state index in [1.165, 1.54) is 32.2 Å². The number of phenolic OH excluding ortho intramolecular Hbond substituents is 1. The second-order valence-corrected chi connectivity index (χ2v) is 8.52. The van der Waals surface area contributed by atoms with Crippen LogP contribution in [0.15, 0.2) is 36.4 Å². The minimum atomic E-state index is 0.285. The second kappa shape index (κ2) is 6.85. The van der Waals surface area contributed by atoms with Crippen molar-refractivity contribution < 1.29 is 5.11 Å². The van der Waals surface area contributed by atoms with Gasteiger partial charge in [0.2, 0.25) is 0 Å². The first-order chi connectivity index (χ1) is 13.6. The van der Waals surface area contributed by atoms with Crippen molar-refractivity contribution in [1.29, 1.82) is 0 Å². The van der Waals surface area contributed by atoms with Crippen LogP contribution in [0.3, 0.4) is 0 Å². The molecule has 2 fully saturated rings. The zero-order valence-electron chi connectivity index (χ0n) is 16.7. The third kappa shape index (κ3) is 3.26. The van der Waals surface area contributed by atoms with Gasteiger partial charge in [0.1, 0.15) is 5.75 Å². The standard InChI is InChI=1S/C24H27N3O/c1-15-12-16(2)23(22(28)13-15)21-10-6-17-5-9-20(25-24(17)26-21)18-4-3-11-27(14-18)19-7-8-19/h5-6,9-10,12-13,18-19,28H,3-4,7-8,11,14H2,1-2H3. The van der Waals surface area contributed by atoms with Crippen LogP contribution in [0.2, 0.25) is 0 Å². The van der Waals surface area contributed by atoms with Crippen molar-refractivity contribution in [3.8, 4) is 17.0 Å². The predicted molar refractivity (Wildman–Crippen MR) is 113 cm³/mol. The van der Waals surface area contributed by atoms with Gasteiger partial charge in [0.05, 0.1) is 5.69 Å². The zero-order valence-corrected chi connectivity index (χ0v) is 16.7. The lowest BCUT2D eigenvalue weighted by Crippen LogP contribution is -2.36. The molecule has 1 N–H and O–H groups in total. The van der Waals surface area contributed by atoms with Crippen molar-refractivity contribution in [3.05, 3.63) is 53.2 Å². The molecule has 2 aromatic heterocycles. The Morgan fingerprint density at radius 1 is 1.00 bits per heavy atom. The molecule has 4 nitrogen and oxygen atoms in total. The molecule has 1 atom stereocenters. The summed E-state index contributed by atoms with van der Waals surface area (Å²) in [5.41, 5.74) is 5.61. The average Bonchev–Trinajstić information content (AvgIpc) is 3.52. The quantitative estimate of drug-likeness (QED) is 0.705. The molecule has 28 heavy (non-hydrogen) atoms. The summed E-state index contributed by atoms with van der Waals surface area (Å²) in [6.07, 6.45) is 5.19. The molecule has 144 valence electrons. The van der Waals surface area contributed by atoms with Crippen molar-refractivity contribution in [1.82, 2.24) is 14.9 Å². The Hall–Kier alpha value is -2.46. The number of benzene rings is 1. The molecule has 0 bridgehead atoms. The van der Waals surface area contributed by atoms with Gasteiger partial charge in [-0.05, 0) is 87.5 Å². The largest absolute Gasteiger partial charge is 0.507 e. The van der Waals surface area contributed by atoms with Gasteiger partial charge >= 0.3 is 0 Å². The summed E-state index contributed by atoms with van der Waals surface area (Å²) in [6.45, 7) is 6.38. The van der Waals surface area contributed by atoms with E-state index in [1.54, 1.807) is 6.07 Å². The first-order valence-corrected chi connectivity index (χ1v) is 10.4. The smallest absolute Gasteiger partial charge is 0.160 e. The molecule has 0 radical (unpaired) electrons. The average molecular weight is 374 g/mol. The van der Waals surface area contributed by atoms with Crippen molar-refractivity contribution in [2.24, 2.45) is 0 Å². The molecule has 1 saturated carbocycles. The molecule has 1 aliphatic heterocycles. The van der Waals surface area contributed by atoms with E-state index in [0.29, 0.717) is 5.92 Å². The van der Waals surface area contributed by atoms with Crippen molar-refractivity contribution in [2.45, 2.75) is 51.5 Å². The van der Waals surface area contributed by atoms with E-state index < -0.39 is 0 Å². The van der Waals surface area contributed by atoms with Crippen LogP contribution in [0, 0.1) is 13.8 Å². The molecule has 1 aliphatic carbocycles. The van der Waals surface area contributed by atoms with E-state index in [9.17, 15) is 5.11 Å². The Morgan fingerprint density at radius 2 is 1.82 bits per heavy atom. The van der Waals surface area contributed by atoms with Crippen LogP contribution >= 0.6 is 0 Å². The minimum absolute atomic E-state index is 0.285. The molecule has 0 amide bonds. The number of hydrogen-bond donors (Lipinski definition) is 1. The lowest BCUT2D eigenvalue weighted by Gasteiger charge is -2.32. The number of aromatic hydroxyl groups is 1. The Bertz CT molecular complexity index is 1020. The lowest BCUT2D eigenvalue weighted by molar-refractivity contribution is 0.197. The van der Waals surface area contributed by atoms with Crippen LogP contribution in [0.1, 0.15) is 48.4 Å². The maximum atomic E-state index is 10.5. The number of nitrogens with zero attached hydrogens (tertiary/aromatic N) is 3. The molecule has 5 rings (SSSR count). The number of piperidine rings is 1. The number of hydrogen-bond acceptors (Lipinski definition) is 4. The molecular weight excluding hydrogens is 346 g/mol. The maximum absolute atomic E-state index is 10.5. The fraction of sp³-hybridized carbons (Fsp3) is 0.417. The number of fused-ring (bicyclic) bond motifs is 1. The summed E-state index contributed by atoms with van der Waals surface area (Å²) in [6, 6.07) is 13.1. The molecule has 3 aromatic rings. The summed E-state index contributed by atoms with van der Waals surface area (Å²) < 4.78 is 0. The van der Waals surface area contributed by atoms with Gasteiger partial charge in [-0.25, -0.2) is 9.97 Å².